The van der Waals surface area contributed by atoms with E-state index < -0.39 is 10.9 Å². The summed E-state index contributed by atoms with van der Waals surface area (Å²) in [6.45, 7) is 3.80. The molecule has 1 amide bonds. The number of benzene rings is 2. The van der Waals surface area contributed by atoms with Crippen molar-refractivity contribution in [3.63, 3.8) is 0 Å². The van der Waals surface area contributed by atoms with Crippen molar-refractivity contribution in [3.05, 3.63) is 75.3 Å². The number of nitrogens with one attached hydrogen (secondary N) is 1. The normalized spacial score (nSPS) is 10.5. The van der Waals surface area contributed by atoms with Gasteiger partial charge in [0, 0.05) is 23.9 Å². The lowest BCUT2D eigenvalue weighted by Crippen LogP contribution is -2.11. The van der Waals surface area contributed by atoms with Crippen molar-refractivity contribution in [2.75, 3.05) is 11.9 Å². The predicted molar refractivity (Wildman–Crippen MR) is 97.9 cm³/mol. The Hall–Kier alpha value is -3.48. The van der Waals surface area contributed by atoms with Gasteiger partial charge in [0.25, 0.3) is 5.69 Å². The first-order valence-electron chi connectivity index (χ1n) is 7.92. The van der Waals surface area contributed by atoms with Gasteiger partial charge in [-0.1, -0.05) is 6.07 Å². The third kappa shape index (κ3) is 5.01. The van der Waals surface area contributed by atoms with Gasteiger partial charge in [0.1, 0.15) is 0 Å². The topological polar surface area (TPSA) is 98.5 Å². The number of amides is 1. The van der Waals surface area contributed by atoms with Crippen LogP contribution in [0.4, 0.5) is 11.4 Å². The molecule has 2 rings (SSSR count). The number of hydrogen-bond donors (Lipinski definition) is 1. The maximum absolute atomic E-state index is 12.1. The number of rotatable bonds is 6. The standard InChI is InChI=1S/C19H18N2O5/c1-3-26-19(23)15-8-4-13(2)17(12-15)20-18(22)11-7-14-5-9-16(10-6-14)21(24)25/h4-12H,3H2,1-2H3,(H,20,22)/b11-7+. The van der Waals surface area contributed by atoms with E-state index in [-0.39, 0.29) is 18.2 Å². The van der Waals surface area contributed by atoms with Crippen molar-refractivity contribution < 1.29 is 19.2 Å². The Kier molecular flexibility index (Phi) is 6.21. The second-order valence-corrected chi connectivity index (χ2v) is 5.42. The van der Waals surface area contributed by atoms with Gasteiger partial charge < -0.3 is 10.1 Å². The second-order valence-electron chi connectivity index (χ2n) is 5.42. The van der Waals surface area contributed by atoms with Gasteiger partial charge in [0.05, 0.1) is 17.1 Å². The highest BCUT2D eigenvalue weighted by Crippen LogP contribution is 2.18. The minimum absolute atomic E-state index is 0.0157. The average Bonchev–Trinajstić information content (AvgIpc) is 2.62. The number of anilines is 1. The zero-order valence-electron chi connectivity index (χ0n) is 14.4. The van der Waals surface area contributed by atoms with Crippen molar-refractivity contribution in [2.45, 2.75) is 13.8 Å². The van der Waals surface area contributed by atoms with E-state index in [0.717, 1.165) is 5.56 Å². The van der Waals surface area contributed by atoms with E-state index in [1.165, 1.54) is 18.2 Å². The van der Waals surface area contributed by atoms with Gasteiger partial charge in [-0.15, -0.1) is 0 Å². The van der Waals surface area contributed by atoms with Crippen LogP contribution in [0.2, 0.25) is 0 Å². The molecule has 2 aromatic carbocycles. The fraction of sp³-hybridized carbons (Fsp3) is 0.158. The molecule has 0 unspecified atom stereocenters. The molecule has 26 heavy (non-hydrogen) atoms. The highest BCUT2D eigenvalue weighted by atomic mass is 16.6. The third-order valence-corrected chi connectivity index (χ3v) is 3.54. The summed E-state index contributed by atoms with van der Waals surface area (Å²) in [7, 11) is 0. The van der Waals surface area contributed by atoms with Gasteiger partial charge in [-0.05, 0) is 55.3 Å². The van der Waals surface area contributed by atoms with Gasteiger partial charge in [-0.2, -0.15) is 0 Å². The van der Waals surface area contributed by atoms with Gasteiger partial charge in [-0.3, -0.25) is 14.9 Å². The van der Waals surface area contributed by atoms with Crippen LogP contribution in [0, 0.1) is 17.0 Å². The Morgan fingerprint density at radius 3 is 2.50 bits per heavy atom. The van der Waals surface area contributed by atoms with E-state index in [9.17, 15) is 19.7 Å². The van der Waals surface area contributed by atoms with Gasteiger partial charge in [0.15, 0.2) is 0 Å². The highest BCUT2D eigenvalue weighted by molar-refractivity contribution is 6.03. The van der Waals surface area contributed by atoms with Gasteiger partial charge in [0.2, 0.25) is 5.91 Å². The lowest BCUT2D eigenvalue weighted by atomic mass is 10.1. The van der Waals surface area contributed by atoms with Crippen LogP contribution in [0.25, 0.3) is 6.08 Å². The molecule has 134 valence electrons. The smallest absolute Gasteiger partial charge is 0.338 e. The Balaban J connectivity index is 2.08. The molecule has 0 fully saturated rings. The van der Waals surface area contributed by atoms with E-state index in [2.05, 4.69) is 5.32 Å². The summed E-state index contributed by atoms with van der Waals surface area (Å²) in [5.74, 6) is -0.836. The number of nitrogens with zero attached hydrogens (tertiary/aromatic N) is 1. The minimum Gasteiger partial charge on any atom is -0.462 e. The number of ether oxygens (including phenoxy) is 1. The summed E-state index contributed by atoms with van der Waals surface area (Å²) in [5.41, 5.74) is 2.30. The summed E-state index contributed by atoms with van der Waals surface area (Å²) >= 11 is 0. The first kappa shape index (κ1) is 18.9. The van der Waals surface area contributed by atoms with Crippen LogP contribution >= 0.6 is 0 Å². The van der Waals surface area contributed by atoms with Crippen LogP contribution in [-0.4, -0.2) is 23.4 Å². The van der Waals surface area contributed by atoms with E-state index in [4.69, 9.17) is 4.74 Å². The quantitative estimate of drug-likeness (QED) is 0.369. The minimum atomic E-state index is -0.487. The number of hydrogen-bond acceptors (Lipinski definition) is 5. The van der Waals surface area contributed by atoms with E-state index >= 15 is 0 Å². The Morgan fingerprint density at radius 1 is 1.19 bits per heavy atom. The molecule has 0 aliphatic heterocycles. The van der Waals surface area contributed by atoms with Gasteiger partial charge in [-0.25, -0.2) is 4.79 Å². The largest absolute Gasteiger partial charge is 0.462 e. The number of aryl methyl sites for hydroxylation is 1. The molecule has 7 heteroatoms. The SMILES string of the molecule is CCOC(=O)c1ccc(C)c(NC(=O)/C=C/c2ccc([N+](=O)[O-])cc2)c1. The maximum atomic E-state index is 12.1. The molecular weight excluding hydrogens is 336 g/mol. The van der Waals surface area contributed by atoms with Gasteiger partial charge >= 0.3 is 5.97 Å². The Bertz CT molecular complexity index is 857. The zero-order valence-corrected chi connectivity index (χ0v) is 14.4. The van der Waals surface area contributed by atoms with Crippen molar-refractivity contribution in [2.24, 2.45) is 0 Å². The van der Waals surface area contributed by atoms with Crippen LogP contribution in [0.15, 0.2) is 48.5 Å². The van der Waals surface area contributed by atoms with Crippen LogP contribution in [-0.2, 0) is 9.53 Å². The summed E-state index contributed by atoms with van der Waals surface area (Å²) in [4.78, 5) is 34.0. The fourth-order valence-electron chi connectivity index (χ4n) is 2.15. The molecule has 2 aromatic rings. The van der Waals surface area contributed by atoms with Crippen LogP contribution in [0.3, 0.4) is 0 Å². The number of carbonyl (C=O) groups excluding carboxylic acids is 2. The fourth-order valence-corrected chi connectivity index (χ4v) is 2.15. The monoisotopic (exact) mass is 354 g/mol. The molecular formula is C19H18N2O5. The maximum Gasteiger partial charge on any atom is 0.338 e. The molecule has 1 N–H and O–H groups in total. The molecule has 0 aliphatic carbocycles. The number of esters is 1. The molecule has 0 bridgehead atoms. The summed E-state index contributed by atoms with van der Waals surface area (Å²) < 4.78 is 4.95. The van der Waals surface area contributed by atoms with Crippen molar-refractivity contribution >= 4 is 29.3 Å². The molecule has 0 saturated carbocycles. The first-order chi connectivity index (χ1) is 12.4. The molecule has 0 radical (unpaired) electrons. The Morgan fingerprint density at radius 2 is 1.88 bits per heavy atom. The predicted octanol–water partition coefficient (Wildman–Crippen LogP) is 3.73. The molecule has 0 atom stereocenters. The van der Waals surface area contributed by atoms with E-state index in [1.807, 2.05) is 6.92 Å². The molecule has 7 nitrogen and oxygen atoms in total. The lowest BCUT2D eigenvalue weighted by molar-refractivity contribution is -0.384. The number of nitro groups is 1. The molecule has 0 aliphatic rings. The summed E-state index contributed by atoms with van der Waals surface area (Å²) in [6.07, 6.45) is 2.86. The van der Waals surface area contributed by atoms with E-state index in [1.54, 1.807) is 43.3 Å². The van der Waals surface area contributed by atoms with E-state index in [0.29, 0.717) is 16.8 Å². The lowest BCUT2D eigenvalue weighted by Gasteiger charge is -2.09. The first-order valence-corrected chi connectivity index (χ1v) is 7.92. The van der Waals surface area contributed by atoms with Crippen LogP contribution < -0.4 is 5.32 Å². The zero-order chi connectivity index (χ0) is 19.1. The van der Waals surface area contributed by atoms with Crippen molar-refractivity contribution in [3.8, 4) is 0 Å². The average molecular weight is 354 g/mol. The number of nitro benzene ring substituents is 1. The molecule has 0 saturated heterocycles. The molecule has 0 heterocycles. The highest BCUT2D eigenvalue weighted by Gasteiger charge is 2.10. The number of carbonyl (C=O) groups is 2. The summed E-state index contributed by atoms with van der Waals surface area (Å²) in [5, 5.41) is 13.3. The second kappa shape index (κ2) is 8.57. The number of non-ortho nitro benzene ring substituents is 1. The van der Waals surface area contributed by atoms with Crippen molar-refractivity contribution in [1.82, 2.24) is 0 Å². The molecule has 0 aromatic heterocycles. The molecule has 0 spiro atoms. The summed E-state index contributed by atoms with van der Waals surface area (Å²) in [6, 6.07) is 10.8. The van der Waals surface area contributed by atoms with Crippen LogP contribution in [0.5, 0.6) is 0 Å². The van der Waals surface area contributed by atoms with Crippen molar-refractivity contribution in [1.29, 1.82) is 0 Å². The Labute approximate surface area is 150 Å². The van der Waals surface area contributed by atoms with Crippen LogP contribution in [0.1, 0.15) is 28.4 Å². The third-order valence-electron chi connectivity index (χ3n) is 3.54.